The molecule has 0 spiro atoms. The summed E-state index contributed by atoms with van der Waals surface area (Å²) >= 11 is 0. The zero-order valence-electron chi connectivity index (χ0n) is 12.1. The molecule has 122 valence electrons. The molecule has 3 rings (SSSR count). The SMILES string of the molecule is O=C(Cn1nnn(-c2ccccc2)c1=O)N[C@@H]1CCS(=O)(=O)C1. The number of hydrogen-bond donors (Lipinski definition) is 1. The van der Waals surface area contributed by atoms with Crippen LogP contribution in [0.15, 0.2) is 35.1 Å². The molecule has 1 atom stereocenters. The van der Waals surface area contributed by atoms with Crippen LogP contribution in [0, 0.1) is 0 Å². The fraction of sp³-hybridized carbons (Fsp3) is 0.385. The first-order valence-electron chi connectivity index (χ1n) is 7.03. The summed E-state index contributed by atoms with van der Waals surface area (Å²) in [5.74, 6) is -0.457. The highest BCUT2D eigenvalue weighted by molar-refractivity contribution is 7.91. The van der Waals surface area contributed by atoms with Gasteiger partial charge < -0.3 is 5.32 Å². The molecule has 1 amide bonds. The molecular weight excluding hydrogens is 322 g/mol. The largest absolute Gasteiger partial charge is 0.368 e. The van der Waals surface area contributed by atoms with Gasteiger partial charge >= 0.3 is 5.69 Å². The Balaban J connectivity index is 1.68. The fourth-order valence-electron chi connectivity index (χ4n) is 2.42. The van der Waals surface area contributed by atoms with E-state index in [9.17, 15) is 18.0 Å². The van der Waals surface area contributed by atoms with E-state index in [4.69, 9.17) is 0 Å². The molecule has 1 aromatic heterocycles. The third kappa shape index (κ3) is 3.47. The number of carbonyl (C=O) groups is 1. The molecule has 1 fully saturated rings. The molecule has 23 heavy (non-hydrogen) atoms. The van der Waals surface area contributed by atoms with Crippen molar-refractivity contribution in [3.8, 4) is 5.69 Å². The summed E-state index contributed by atoms with van der Waals surface area (Å²) in [5.41, 5.74) is 0.0106. The number of aromatic nitrogens is 4. The second-order valence-corrected chi connectivity index (χ2v) is 7.56. The quantitative estimate of drug-likeness (QED) is 0.744. The van der Waals surface area contributed by atoms with Gasteiger partial charge in [-0.1, -0.05) is 18.2 Å². The van der Waals surface area contributed by atoms with E-state index < -0.39 is 27.5 Å². The molecule has 1 aliphatic heterocycles. The van der Waals surface area contributed by atoms with Crippen molar-refractivity contribution in [1.82, 2.24) is 25.1 Å². The summed E-state index contributed by atoms with van der Waals surface area (Å²) in [4.78, 5) is 24.1. The van der Waals surface area contributed by atoms with Gasteiger partial charge in [0.2, 0.25) is 5.91 Å². The lowest BCUT2D eigenvalue weighted by Crippen LogP contribution is -2.39. The van der Waals surface area contributed by atoms with Gasteiger partial charge in [0.1, 0.15) is 6.54 Å². The molecule has 1 saturated heterocycles. The number of tetrazole rings is 1. The van der Waals surface area contributed by atoms with Crippen LogP contribution in [0.4, 0.5) is 0 Å². The topological polar surface area (TPSA) is 116 Å². The fourth-order valence-corrected chi connectivity index (χ4v) is 4.10. The zero-order valence-corrected chi connectivity index (χ0v) is 12.9. The van der Waals surface area contributed by atoms with Gasteiger partial charge in [-0.15, -0.1) is 0 Å². The average molecular weight is 337 g/mol. The van der Waals surface area contributed by atoms with E-state index in [1.165, 1.54) is 0 Å². The lowest BCUT2D eigenvalue weighted by atomic mass is 10.2. The molecule has 0 aliphatic carbocycles. The summed E-state index contributed by atoms with van der Waals surface area (Å²) in [6.45, 7) is -0.303. The van der Waals surface area contributed by atoms with Gasteiger partial charge in [0.25, 0.3) is 0 Å². The van der Waals surface area contributed by atoms with Gasteiger partial charge in [-0.2, -0.15) is 9.36 Å². The van der Waals surface area contributed by atoms with Crippen molar-refractivity contribution in [2.24, 2.45) is 0 Å². The van der Waals surface area contributed by atoms with Crippen LogP contribution in [-0.4, -0.2) is 51.7 Å². The summed E-state index contributed by atoms with van der Waals surface area (Å²) in [6.07, 6.45) is 0.389. The Hall–Kier alpha value is -2.49. The summed E-state index contributed by atoms with van der Waals surface area (Å²) in [6, 6.07) is 8.31. The molecule has 9 nitrogen and oxygen atoms in total. The van der Waals surface area contributed by atoms with Crippen LogP contribution in [0.5, 0.6) is 0 Å². The lowest BCUT2D eigenvalue weighted by Gasteiger charge is -2.09. The zero-order chi connectivity index (χ0) is 16.4. The number of benzene rings is 1. The van der Waals surface area contributed by atoms with E-state index >= 15 is 0 Å². The molecule has 10 heteroatoms. The first kappa shape index (κ1) is 15.4. The summed E-state index contributed by atoms with van der Waals surface area (Å²) < 4.78 is 24.8. The van der Waals surface area contributed by atoms with Crippen LogP contribution >= 0.6 is 0 Å². The van der Waals surface area contributed by atoms with Crippen LogP contribution in [0.2, 0.25) is 0 Å². The van der Waals surface area contributed by atoms with Gasteiger partial charge in [-0.05, 0) is 29.0 Å². The molecule has 0 bridgehead atoms. The Kier molecular flexibility index (Phi) is 3.99. The van der Waals surface area contributed by atoms with Crippen molar-refractivity contribution in [2.75, 3.05) is 11.5 Å². The van der Waals surface area contributed by atoms with E-state index in [-0.39, 0.29) is 18.1 Å². The predicted molar refractivity (Wildman–Crippen MR) is 80.8 cm³/mol. The van der Waals surface area contributed by atoms with Crippen LogP contribution in [-0.2, 0) is 21.2 Å². The Morgan fingerprint density at radius 1 is 1.26 bits per heavy atom. The molecule has 0 radical (unpaired) electrons. The highest BCUT2D eigenvalue weighted by Gasteiger charge is 2.29. The van der Waals surface area contributed by atoms with Crippen LogP contribution in [0.25, 0.3) is 5.69 Å². The molecule has 0 saturated carbocycles. The number of rotatable bonds is 4. The highest BCUT2D eigenvalue weighted by atomic mass is 32.2. The standard InChI is InChI=1S/C13H15N5O4S/c19-12(14-10-6-7-23(21,22)9-10)8-17-13(20)18(16-15-17)11-4-2-1-3-5-11/h1-5,10H,6-9H2,(H,14,19)/t10-/m1/s1. The van der Waals surface area contributed by atoms with Gasteiger partial charge in [-0.25, -0.2) is 13.2 Å². The van der Waals surface area contributed by atoms with Crippen LogP contribution in [0.3, 0.4) is 0 Å². The number of hydrogen-bond acceptors (Lipinski definition) is 6. The molecule has 1 aliphatic rings. The highest BCUT2D eigenvalue weighted by Crippen LogP contribution is 2.11. The number of nitrogens with zero attached hydrogens (tertiary/aromatic N) is 4. The Bertz CT molecular complexity index is 871. The van der Waals surface area contributed by atoms with Gasteiger partial charge in [0, 0.05) is 6.04 Å². The summed E-state index contributed by atoms with van der Waals surface area (Å²) in [5, 5.41) is 10.0. The van der Waals surface area contributed by atoms with Gasteiger partial charge in [0.05, 0.1) is 17.2 Å². The van der Waals surface area contributed by atoms with E-state index in [2.05, 4.69) is 15.7 Å². The van der Waals surface area contributed by atoms with Gasteiger partial charge in [0.15, 0.2) is 9.84 Å². The van der Waals surface area contributed by atoms with E-state index in [0.29, 0.717) is 12.1 Å². The minimum atomic E-state index is -3.07. The predicted octanol–water partition coefficient (Wildman–Crippen LogP) is -1.27. The first-order chi connectivity index (χ1) is 10.9. The lowest BCUT2D eigenvalue weighted by molar-refractivity contribution is -0.122. The second kappa shape index (κ2) is 5.95. The van der Waals surface area contributed by atoms with Crippen molar-refractivity contribution in [3.63, 3.8) is 0 Å². The van der Waals surface area contributed by atoms with Crippen LogP contribution in [0.1, 0.15) is 6.42 Å². The molecule has 1 N–H and O–H groups in total. The third-order valence-electron chi connectivity index (χ3n) is 3.53. The monoisotopic (exact) mass is 337 g/mol. The minimum Gasteiger partial charge on any atom is -0.351 e. The molecule has 1 aromatic carbocycles. The smallest absolute Gasteiger partial charge is 0.351 e. The minimum absolute atomic E-state index is 0.0651. The number of amides is 1. The Morgan fingerprint density at radius 3 is 2.65 bits per heavy atom. The maximum atomic E-state index is 12.2. The van der Waals surface area contributed by atoms with Crippen molar-refractivity contribution in [2.45, 2.75) is 19.0 Å². The number of carbonyl (C=O) groups excluding carboxylic acids is 1. The molecule has 0 unspecified atom stereocenters. The average Bonchev–Trinajstić information content (AvgIpc) is 3.03. The second-order valence-electron chi connectivity index (χ2n) is 5.33. The van der Waals surface area contributed by atoms with Crippen molar-refractivity contribution >= 4 is 15.7 Å². The van der Waals surface area contributed by atoms with Crippen LogP contribution < -0.4 is 11.0 Å². The maximum absolute atomic E-state index is 12.2. The number of para-hydroxylation sites is 1. The van der Waals surface area contributed by atoms with Crippen molar-refractivity contribution < 1.29 is 13.2 Å². The molecular formula is C13H15N5O4S. The third-order valence-corrected chi connectivity index (χ3v) is 5.30. The number of nitrogens with one attached hydrogen (secondary N) is 1. The Labute approximate surface area is 131 Å². The normalized spacial score (nSPS) is 19.6. The van der Waals surface area contributed by atoms with E-state index in [0.717, 1.165) is 9.36 Å². The maximum Gasteiger partial charge on any atom is 0.368 e. The number of sulfone groups is 1. The molecule has 2 heterocycles. The first-order valence-corrected chi connectivity index (χ1v) is 8.85. The van der Waals surface area contributed by atoms with E-state index in [1.54, 1.807) is 24.3 Å². The molecule has 2 aromatic rings. The summed E-state index contributed by atoms with van der Waals surface area (Å²) in [7, 11) is -3.07. The van der Waals surface area contributed by atoms with E-state index in [1.807, 2.05) is 6.07 Å². The van der Waals surface area contributed by atoms with Crippen molar-refractivity contribution in [1.29, 1.82) is 0 Å². The Morgan fingerprint density at radius 2 is 2.00 bits per heavy atom. The van der Waals surface area contributed by atoms with Crippen molar-refractivity contribution in [3.05, 3.63) is 40.8 Å². The van der Waals surface area contributed by atoms with Gasteiger partial charge in [-0.3, -0.25) is 4.79 Å².